The zero-order valence-electron chi connectivity index (χ0n) is 16.6. The zero-order valence-corrected chi connectivity index (χ0v) is 17.5. The van der Waals surface area contributed by atoms with E-state index in [1.807, 2.05) is 30.3 Å². The number of rotatable bonds is 9. The first kappa shape index (κ1) is 20.9. The van der Waals surface area contributed by atoms with Crippen LogP contribution in [0.3, 0.4) is 0 Å². The van der Waals surface area contributed by atoms with Gasteiger partial charge in [0.1, 0.15) is 11.6 Å². The van der Waals surface area contributed by atoms with E-state index in [2.05, 4.69) is 33.4 Å². The van der Waals surface area contributed by atoms with Crippen LogP contribution in [0.1, 0.15) is 37.2 Å². The average molecular weight is 413 g/mol. The van der Waals surface area contributed by atoms with Crippen molar-refractivity contribution in [2.75, 3.05) is 11.4 Å². The number of benzene rings is 2. The number of amides is 1. The molecule has 0 bridgehead atoms. The molecule has 7 heteroatoms. The average Bonchev–Trinajstić information content (AvgIpc) is 3.17. The summed E-state index contributed by atoms with van der Waals surface area (Å²) in [5, 5.41) is 3.76. The topological polar surface area (TPSA) is 58.1 Å². The van der Waals surface area contributed by atoms with E-state index in [0.717, 1.165) is 16.3 Å². The van der Waals surface area contributed by atoms with Crippen molar-refractivity contribution in [1.82, 2.24) is 14.7 Å². The second kappa shape index (κ2) is 10.1. The van der Waals surface area contributed by atoms with Gasteiger partial charge in [0.25, 0.3) is 0 Å². The lowest BCUT2D eigenvalue weighted by molar-refractivity contribution is -0.121. The highest BCUT2D eigenvalue weighted by atomic mass is 32.1. The quantitative estimate of drug-likeness (QED) is 0.573. The third-order valence-corrected chi connectivity index (χ3v) is 5.31. The Morgan fingerprint density at radius 1 is 1.10 bits per heavy atom. The van der Waals surface area contributed by atoms with Gasteiger partial charge in [-0.2, -0.15) is 4.37 Å². The Morgan fingerprint density at radius 3 is 2.52 bits per heavy atom. The van der Waals surface area contributed by atoms with E-state index in [4.69, 9.17) is 0 Å². The minimum Gasteiger partial charge on any atom is -0.352 e. The van der Waals surface area contributed by atoms with Crippen molar-refractivity contribution >= 4 is 22.6 Å². The fraction of sp³-hybridized carbons (Fsp3) is 0.318. The SMILES string of the molecule is CC(C)N(CCC(=O)NCc1ccccc1)c1nc(Cc2ccc(F)cc2)ns1. The molecule has 29 heavy (non-hydrogen) atoms. The highest BCUT2D eigenvalue weighted by molar-refractivity contribution is 7.09. The Kier molecular flexibility index (Phi) is 7.30. The van der Waals surface area contributed by atoms with Crippen LogP contribution in [0.5, 0.6) is 0 Å². The van der Waals surface area contributed by atoms with Gasteiger partial charge in [-0.25, -0.2) is 9.37 Å². The van der Waals surface area contributed by atoms with Gasteiger partial charge in [-0.1, -0.05) is 42.5 Å². The second-order valence-corrected chi connectivity index (χ2v) is 7.83. The first-order chi connectivity index (χ1) is 14.0. The van der Waals surface area contributed by atoms with Crippen LogP contribution in [0, 0.1) is 5.82 Å². The van der Waals surface area contributed by atoms with Crippen molar-refractivity contribution in [2.45, 2.75) is 39.3 Å². The van der Waals surface area contributed by atoms with Crippen LogP contribution in [-0.4, -0.2) is 27.9 Å². The van der Waals surface area contributed by atoms with Crippen molar-refractivity contribution in [3.8, 4) is 0 Å². The summed E-state index contributed by atoms with van der Waals surface area (Å²) in [6.45, 7) is 5.25. The number of nitrogens with one attached hydrogen (secondary N) is 1. The lowest BCUT2D eigenvalue weighted by Crippen LogP contribution is -2.35. The molecule has 1 amide bonds. The number of carbonyl (C=O) groups is 1. The molecule has 2 aromatic carbocycles. The summed E-state index contributed by atoms with van der Waals surface area (Å²) in [4.78, 5) is 19.0. The van der Waals surface area contributed by atoms with Crippen LogP contribution in [0.2, 0.25) is 0 Å². The van der Waals surface area contributed by atoms with Crippen molar-refractivity contribution < 1.29 is 9.18 Å². The van der Waals surface area contributed by atoms with Gasteiger partial charge in [0.15, 0.2) is 0 Å². The fourth-order valence-corrected chi connectivity index (χ4v) is 3.75. The summed E-state index contributed by atoms with van der Waals surface area (Å²) in [5.74, 6) is 0.462. The molecule has 1 heterocycles. The molecule has 0 radical (unpaired) electrons. The molecule has 0 saturated carbocycles. The lowest BCUT2D eigenvalue weighted by atomic mass is 10.1. The van der Waals surface area contributed by atoms with Gasteiger partial charge in [-0.15, -0.1) is 0 Å². The zero-order chi connectivity index (χ0) is 20.6. The van der Waals surface area contributed by atoms with Gasteiger partial charge in [0.2, 0.25) is 11.0 Å². The molecule has 1 N–H and O–H groups in total. The summed E-state index contributed by atoms with van der Waals surface area (Å²) in [6, 6.07) is 16.4. The molecule has 3 rings (SSSR count). The normalized spacial score (nSPS) is 10.9. The predicted octanol–water partition coefficient (Wildman–Crippen LogP) is 4.19. The van der Waals surface area contributed by atoms with E-state index < -0.39 is 0 Å². The molecular weight excluding hydrogens is 387 g/mol. The number of hydrogen-bond acceptors (Lipinski definition) is 5. The van der Waals surface area contributed by atoms with Gasteiger partial charge in [0, 0.05) is 43.5 Å². The van der Waals surface area contributed by atoms with Gasteiger partial charge < -0.3 is 10.2 Å². The van der Waals surface area contributed by atoms with Crippen LogP contribution >= 0.6 is 11.5 Å². The minimum atomic E-state index is -0.253. The van der Waals surface area contributed by atoms with E-state index in [9.17, 15) is 9.18 Å². The maximum Gasteiger partial charge on any atom is 0.222 e. The van der Waals surface area contributed by atoms with Crippen molar-refractivity contribution in [3.63, 3.8) is 0 Å². The smallest absolute Gasteiger partial charge is 0.222 e. The maximum atomic E-state index is 13.1. The maximum absolute atomic E-state index is 13.1. The van der Waals surface area contributed by atoms with E-state index in [1.165, 1.54) is 23.7 Å². The Bertz CT molecular complexity index is 912. The third-order valence-electron chi connectivity index (χ3n) is 4.51. The number of halogens is 1. The van der Waals surface area contributed by atoms with Crippen LogP contribution in [0.25, 0.3) is 0 Å². The van der Waals surface area contributed by atoms with Crippen LogP contribution in [0.15, 0.2) is 54.6 Å². The van der Waals surface area contributed by atoms with Gasteiger partial charge in [0.05, 0.1) is 0 Å². The highest BCUT2D eigenvalue weighted by Gasteiger charge is 2.17. The molecule has 5 nitrogen and oxygen atoms in total. The number of aromatic nitrogens is 2. The number of carbonyl (C=O) groups excluding carboxylic acids is 1. The lowest BCUT2D eigenvalue weighted by Gasteiger charge is -2.25. The molecule has 0 spiro atoms. The largest absolute Gasteiger partial charge is 0.352 e. The molecule has 0 aliphatic rings. The molecule has 0 aliphatic carbocycles. The van der Waals surface area contributed by atoms with Crippen molar-refractivity contribution in [2.24, 2.45) is 0 Å². The highest BCUT2D eigenvalue weighted by Crippen LogP contribution is 2.21. The van der Waals surface area contributed by atoms with Crippen molar-refractivity contribution in [1.29, 1.82) is 0 Å². The fourth-order valence-electron chi connectivity index (χ4n) is 2.90. The van der Waals surface area contributed by atoms with Crippen LogP contribution in [-0.2, 0) is 17.8 Å². The van der Waals surface area contributed by atoms with E-state index in [0.29, 0.717) is 31.8 Å². The minimum absolute atomic E-state index is 0.00977. The number of hydrogen-bond donors (Lipinski definition) is 1. The first-order valence-corrected chi connectivity index (χ1v) is 10.4. The Balaban J connectivity index is 1.54. The van der Waals surface area contributed by atoms with Crippen LogP contribution < -0.4 is 10.2 Å². The second-order valence-electron chi connectivity index (χ2n) is 7.10. The summed E-state index contributed by atoms with van der Waals surface area (Å²) >= 11 is 1.33. The first-order valence-electron chi connectivity index (χ1n) is 9.65. The summed E-state index contributed by atoms with van der Waals surface area (Å²) in [6.07, 6.45) is 0.943. The number of nitrogens with zero attached hydrogens (tertiary/aromatic N) is 3. The Morgan fingerprint density at radius 2 is 1.83 bits per heavy atom. The van der Waals surface area contributed by atoms with Gasteiger partial charge >= 0.3 is 0 Å². The molecular formula is C22H25FN4OS. The molecule has 0 saturated heterocycles. The Labute approximate surface area is 174 Å². The molecule has 0 unspecified atom stereocenters. The van der Waals surface area contributed by atoms with Crippen molar-refractivity contribution in [3.05, 3.63) is 77.4 Å². The molecule has 1 aromatic heterocycles. The monoisotopic (exact) mass is 412 g/mol. The van der Waals surface area contributed by atoms with Gasteiger partial charge in [-0.05, 0) is 37.1 Å². The number of anilines is 1. The molecule has 3 aromatic rings. The van der Waals surface area contributed by atoms with E-state index >= 15 is 0 Å². The summed E-state index contributed by atoms with van der Waals surface area (Å²) in [5.41, 5.74) is 2.04. The molecule has 0 atom stereocenters. The van der Waals surface area contributed by atoms with E-state index in [-0.39, 0.29) is 17.8 Å². The molecule has 0 aliphatic heterocycles. The summed E-state index contributed by atoms with van der Waals surface area (Å²) < 4.78 is 17.5. The van der Waals surface area contributed by atoms with Crippen LogP contribution in [0.4, 0.5) is 9.52 Å². The summed E-state index contributed by atoms with van der Waals surface area (Å²) in [7, 11) is 0. The third kappa shape index (κ3) is 6.35. The Hall–Kier alpha value is -2.80. The predicted molar refractivity (Wildman–Crippen MR) is 115 cm³/mol. The molecule has 152 valence electrons. The molecule has 0 fully saturated rings. The van der Waals surface area contributed by atoms with E-state index in [1.54, 1.807) is 12.1 Å². The van der Waals surface area contributed by atoms with Gasteiger partial charge in [-0.3, -0.25) is 4.79 Å². The standard InChI is InChI=1S/C22H25FN4OS/c1-16(2)27(13-12-21(28)24-15-18-6-4-3-5-7-18)22-25-20(26-29-22)14-17-8-10-19(23)11-9-17/h3-11,16H,12-15H2,1-2H3,(H,24,28).